The summed E-state index contributed by atoms with van der Waals surface area (Å²) < 4.78 is 0. The molecule has 0 radical (unpaired) electrons. The van der Waals surface area contributed by atoms with Gasteiger partial charge in [-0.15, -0.1) is 0 Å². The third kappa shape index (κ3) is 0.759. The van der Waals surface area contributed by atoms with Crippen molar-refractivity contribution in [3.8, 4) is 0 Å². The molecule has 0 saturated carbocycles. The summed E-state index contributed by atoms with van der Waals surface area (Å²) in [5.74, 6) is 0.221. The second-order valence-corrected chi connectivity index (χ2v) is 2.08. The summed E-state index contributed by atoms with van der Waals surface area (Å²) >= 11 is 0. The molecule has 6 nitrogen and oxygen atoms in total. The number of fused-ring (bicyclic) bond motifs is 1. The van der Waals surface area contributed by atoms with Crippen molar-refractivity contribution in [3.63, 3.8) is 0 Å². The predicted molar refractivity (Wildman–Crippen MR) is 38.9 cm³/mol. The zero-order valence-electron chi connectivity index (χ0n) is 5.46. The SMILES string of the molecule is Nc1nc2c(=O)[nH]ncc2[nH]1. The van der Waals surface area contributed by atoms with Gasteiger partial charge in [-0.3, -0.25) is 4.79 Å². The predicted octanol–water partition coefficient (Wildman–Crippen LogP) is -0.772. The van der Waals surface area contributed by atoms with Gasteiger partial charge >= 0.3 is 0 Å². The van der Waals surface area contributed by atoms with Crippen LogP contribution in [-0.4, -0.2) is 20.2 Å². The molecule has 2 aromatic heterocycles. The lowest BCUT2D eigenvalue weighted by Crippen LogP contribution is -2.06. The Morgan fingerprint density at radius 3 is 3.09 bits per heavy atom. The number of aromatic amines is 2. The Hall–Kier alpha value is -1.85. The average Bonchev–Trinajstić information content (AvgIpc) is 2.31. The standard InChI is InChI=1S/C5H5N5O/c6-5-8-2-1-7-10-4(11)3(2)9-5/h1H,(H,10,11)(H3,6,8,9). The van der Waals surface area contributed by atoms with Gasteiger partial charge in [0.1, 0.15) is 0 Å². The van der Waals surface area contributed by atoms with E-state index in [2.05, 4.69) is 20.2 Å². The summed E-state index contributed by atoms with van der Waals surface area (Å²) in [5, 5.41) is 5.81. The van der Waals surface area contributed by atoms with Gasteiger partial charge in [0.05, 0.1) is 11.7 Å². The zero-order chi connectivity index (χ0) is 7.84. The van der Waals surface area contributed by atoms with Gasteiger partial charge in [0.25, 0.3) is 5.56 Å². The molecular weight excluding hydrogens is 146 g/mol. The molecule has 0 atom stereocenters. The lowest BCUT2D eigenvalue weighted by atomic mass is 10.5. The summed E-state index contributed by atoms with van der Waals surface area (Å²) in [5.41, 5.74) is 5.81. The fraction of sp³-hybridized carbons (Fsp3) is 0. The van der Waals surface area contributed by atoms with Crippen LogP contribution in [0.25, 0.3) is 11.0 Å². The minimum absolute atomic E-state index is 0.221. The van der Waals surface area contributed by atoms with E-state index in [0.717, 1.165) is 0 Å². The van der Waals surface area contributed by atoms with E-state index in [1.54, 1.807) is 0 Å². The van der Waals surface area contributed by atoms with Crippen molar-refractivity contribution >= 4 is 17.0 Å². The zero-order valence-corrected chi connectivity index (χ0v) is 5.46. The Morgan fingerprint density at radius 2 is 2.36 bits per heavy atom. The number of rotatable bonds is 0. The van der Waals surface area contributed by atoms with Crippen LogP contribution >= 0.6 is 0 Å². The van der Waals surface area contributed by atoms with Crippen molar-refractivity contribution in [1.29, 1.82) is 0 Å². The van der Waals surface area contributed by atoms with Crippen LogP contribution in [0.15, 0.2) is 11.0 Å². The number of nitrogens with two attached hydrogens (primary N) is 1. The van der Waals surface area contributed by atoms with Crippen LogP contribution < -0.4 is 11.3 Å². The number of anilines is 1. The highest BCUT2D eigenvalue weighted by Gasteiger charge is 2.01. The van der Waals surface area contributed by atoms with Crippen LogP contribution in [-0.2, 0) is 0 Å². The quantitative estimate of drug-likeness (QED) is 0.460. The van der Waals surface area contributed by atoms with Crippen LogP contribution in [0, 0.1) is 0 Å². The van der Waals surface area contributed by atoms with E-state index in [0.29, 0.717) is 5.52 Å². The summed E-state index contributed by atoms with van der Waals surface area (Å²) in [7, 11) is 0. The van der Waals surface area contributed by atoms with Crippen LogP contribution in [0.1, 0.15) is 0 Å². The van der Waals surface area contributed by atoms with E-state index in [-0.39, 0.29) is 17.0 Å². The van der Waals surface area contributed by atoms with E-state index in [4.69, 9.17) is 5.73 Å². The molecular formula is C5H5N5O. The molecule has 0 aliphatic carbocycles. The van der Waals surface area contributed by atoms with Crippen LogP contribution in [0.5, 0.6) is 0 Å². The average molecular weight is 151 g/mol. The van der Waals surface area contributed by atoms with Gasteiger partial charge < -0.3 is 10.7 Å². The monoisotopic (exact) mass is 151 g/mol. The third-order valence-corrected chi connectivity index (χ3v) is 1.32. The lowest BCUT2D eigenvalue weighted by molar-refractivity contribution is 1.01. The largest absolute Gasteiger partial charge is 0.369 e. The fourth-order valence-electron chi connectivity index (χ4n) is 0.881. The molecule has 2 heterocycles. The topological polar surface area (TPSA) is 100 Å². The summed E-state index contributed by atoms with van der Waals surface area (Å²) in [6, 6.07) is 0. The number of imidazole rings is 1. The molecule has 2 aromatic rings. The first-order valence-corrected chi connectivity index (χ1v) is 2.96. The molecule has 11 heavy (non-hydrogen) atoms. The number of nitrogens with one attached hydrogen (secondary N) is 2. The van der Waals surface area contributed by atoms with E-state index in [1.807, 2.05) is 0 Å². The van der Waals surface area contributed by atoms with Crippen molar-refractivity contribution in [2.24, 2.45) is 0 Å². The molecule has 6 heteroatoms. The number of nitrogens with zero attached hydrogens (tertiary/aromatic N) is 2. The Bertz CT molecular complexity index is 441. The van der Waals surface area contributed by atoms with Gasteiger partial charge in [0, 0.05) is 0 Å². The van der Waals surface area contributed by atoms with Gasteiger partial charge in [-0.25, -0.2) is 10.1 Å². The Kier molecular flexibility index (Phi) is 0.974. The fourth-order valence-corrected chi connectivity index (χ4v) is 0.881. The summed E-state index contributed by atoms with van der Waals surface area (Å²) in [6.07, 6.45) is 1.46. The number of hydrogen-bond donors (Lipinski definition) is 3. The summed E-state index contributed by atoms with van der Waals surface area (Å²) in [4.78, 5) is 17.4. The first kappa shape index (κ1) is 5.90. The smallest absolute Gasteiger partial charge is 0.292 e. The maximum atomic E-state index is 10.9. The van der Waals surface area contributed by atoms with Gasteiger partial charge in [-0.1, -0.05) is 0 Å². The van der Waals surface area contributed by atoms with E-state index < -0.39 is 0 Å². The number of H-pyrrole nitrogens is 2. The number of aromatic nitrogens is 4. The maximum Gasteiger partial charge on any atom is 0.292 e. The van der Waals surface area contributed by atoms with Gasteiger partial charge in [0.2, 0.25) is 0 Å². The number of hydrogen-bond acceptors (Lipinski definition) is 4. The molecule has 0 aliphatic heterocycles. The van der Waals surface area contributed by atoms with Crippen molar-refractivity contribution in [3.05, 3.63) is 16.6 Å². The van der Waals surface area contributed by atoms with E-state index in [1.165, 1.54) is 6.20 Å². The van der Waals surface area contributed by atoms with Crippen molar-refractivity contribution in [2.45, 2.75) is 0 Å². The molecule has 0 fully saturated rings. The molecule has 0 amide bonds. The third-order valence-electron chi connectivity index (χ3n) is 1.32. The lowest BCUT2D eigenvalue weighted by Gasteiger charge is -1.81. The molecule has 0 spiro atoms. The van der Waals surface area contributed by atoms with Gasteiger partial charge in [0.15, 0.2) is 11.5 Å². The molecule has 0 saturated heterocycles. The maximum absolute atomic E-state index is 10.9. The second-order valence-electron chi connectivity index (χ2n) is 2.08. The highest BCUT2D eigenvalue weighted by molar-refractivity contribution is 5.74. The van der Waals surface area contributed by atoms with Crippen LogP contribution in [0.2, 0.25) is 0 Å². The Balaban J connectivity index is 3.02. The first-order chi connectivity index (χ1) is 5.27. The van der Waals surface area contributed by atoms with E-state index in [9.17, 15) is 4.79 Å². The normalized spacial score (nSPS) is 10.5. The molecule has 4 N–H and O–H groups in total. The van der Waals surface area contributed by atoms with Crippen molar-refractivity contribution in [1.82, 2.24) is 20.2 Å². The second kappa shape index (κ2) is 1.82. The summed E-state index contributed by atoms with van der Waals surface area (Å²) in [6.45, 7) is 0. The molecule has 0 aliphatic rings. The van der Waals surface area contributed by atoms with Crippen molar-refractivity contribution < 1.29 is 0 Å². The van der Waals surface area contributed by atoms with Crippen LogP contribution in [0.3, 0.4) is 0 Å². The minimum Gasteiger partial charge on any atom is -0.369 e. The highest BCUT2D eigenvalue weighted by Crippen LogP contribution is 2.03. The van der Waals surface area contributed by atoms with Crippen molar-refractivity contribution in [2.75, 3.05) is 5.73 Å². The number of nitrogen functional groups attached to an aromatic ring is 1. The molecule has 2 rings (SSSR count). The van der Waals surface area contributed by atoms with Crippen LogP contribution in [0.4, 0.5) is 5.95 Å². The molecule has 0 aromatic carbocycles. The molecule has 56 valence electrons. The first-order valence-electron chi connectivity index (χ1n) is 2.96. The Morgan fingerprint density at radius 1 is 1.55 bits per heavy atom. The highest BCUT2D eigenvalue weighted by atomic mass is 16.1. The van der Waals surface area contributed by atoms with E-state index >= 15 is 0 Å². The molecule has 0 unspecified atom stereocenters. The van der Waals surface area contributed by atoms with Gasteiger partial charge in [-0.2, -0.15) is 5.10 Å². The minimum atomic E-state index is -0.338. The van der Waals surface area contributed by atoms with Gasteiger partial charge in [-0.05, 0) is 0 Å². The molecule has 0 bridgehead atoms. The Labute approximate surface area is 60.5 Å².